The van der Waals surface area contributed by atoms with Crippen LogP contribution in [0.2, 0.25) is 0 Å². The summed E-state index contributed by atoms with van der Waals surface area (Å²) in [6.45, 7) is 15.8. The molecule has 1 N–H and O–H groups in total. The quantitative estimate of drug-likeness (QED) is 0.782. The molecule has 156 valence electrons. The first-order chi connectivity index (χ1) is 12.8. The zero-order valence-corrected chi connectivity index (χ0v) is 18.4. The summed E-state index contributed by atoms with van der Waals surface area (Å²) in [5.41, 5.74) is 0.125. The molecule has 7 heteroatoms. The smallest absolute Gasteiger partial charge is 0.410 e. The molecule has 1 saturated heterocycles. The number of piperazine rings is 1. The van der Waals surface area contributed by atoms with Crippen LogP contribution < -0.4 is 10.4 Å². The molecular formula is C21H35BN2O4. The fourth-order valence-corrected chi connectivity index (χ4v) is 2.76. The average molecular weight is 390 g/mol. The van der Waals surface area contributed by atoms with E-state index in [1.165, 1.54) is 0 Å². The predicted octanol–water partition coefficient (Wildman–Crippen LogP) is 2.29. The number of rotatable bonds is 5. The summed E-state index contributed by atoms with van der Waals surface area (Å²) >= 11 is 0. The van der Waals surface area contributed by atoms with Gasteiger partial charge in [-0.3, -0.25) is 0 Å². The van der Waals surface area contributed by atoms with E-state index in [2.05, 4.69) is 17.0 Å². The van der Waals surface area contributed by atoms with Crippen molar-refractivity contribution >= 4 is 24.7 Å². The van der Waals surface area contributed by atoms with Crippen molar-refractivity contribution in [2.45, 2.75) is 65.3 Å². The van der Waals surface area contributed by atoms with Gasteiger partial charge in [0.05, 0.1) is 11.2 Å². The molecule has 0 unspecified atom stereocenters. The van der Waals surface area contributed by atoms with Crippen LogP contribution in [0.1, 0.15) is 48.5 Å². The van der Waals surface area contributed by atoms with Crippen molar-refractivity contribution in [1.82, 2.24) is 4.90 Å². The molecule has 0 aromatic heterocycles. The Balaban J connectivity index is 1.94. The van der Waals surface area contributed by atoms with Crippen LogP contribution in [0.5, 0.6) is 0 Å². The zero-order valence-electron chi connectivity index (χ0n) is 18.4. The second kappa shape index (κ2) is 8.33. The monoisotopic (exact) mass is 390 g/mol. The summed E-state index contributed by atoms with van der Waals surface area (Å²) in [7, 11) is 0.433. The highest BCUT2D eigenvalue weighted by molar-refractivity contribution is 6.47. The van der Waals surface area contributed by atoms with Gasteiger partial charge in [0.15, 0.2) is 0 Å². The summed E-state index contributed by atoms with van der Waals surface area (Å²) in [4.78, 5) is 16.3. The van der Waals surface area contributed by atoms with Crippen molar-refractivity contribution in [2.24, 2.45) is 0 Å². The van der Waals surface area contributed by atoms with E-state index in [1.807, 2.05) is 46.8 Å². The lowest BCUT2D eigenvalue weighted by atomic mass is 9.82. The van der Waals surface area contributed by atoms with E-state index in [4.69, 9.17) is 9.39 Å². The first-order valence-electron chi connectivity index (χ1n) is 9.97. The van der Waals surface area contributed by atoms with Crippen molar-refractivity contribution in [3.05, 3.63) is 24.3 Å². The van der Waals surface area contributed by atoms with E-state index in [-0.39, 0.29) is 6.09 Å². The molecule has 1 aliphatic heterocycles. The second-order valence-electron chi connectivity index (χ2n) is 9.48. The Hall–Kier alpha value is -1.73. The molecule has 0 aliphatic carbocycles. The van der Waals surface area contributed by atoms with Gasteiger partial charge in [-0.05, 0) is 60.6 Å². The molecule has 1 aromatic carbocycles. The predicted molar refractivity (Wildman–Crippen MR) is 115 cm³/mol. The van der Waals surface area contributed by atoms with Gasteiger partial charge in [-0.1, -0.05) is 17.6 Å². The summed E-state index contributed by atoms with van der Waals surface area (Å²) in [6, 6.07) is 8.24. The minimum atomic E-state index is -0.928. The first-order valence-corrected chi connectivity index (χ1v) is 9.97. The van der Waals surface area contributed by atoms with Gasteiger partial charge in [-0.25, -0.2) is 4.79 Å². The van der Waals surface area contributed by atoms with E-state index in [0.717, 1.165) is 24.2 Å². The maximum absolute atomic E-state index is 12.2. The molecule has 1 amide bonds. The molecule has 28 heavy (non-hydrogen) atoms. The summed E-state index contributed by atoms with van der Waals surface area (Å²) in [5.74, 6) is 0. The Bertz CT molecular complexity index is 672. The third kappa shape index (κ3) is 6.14. The number of anilines is 1. The molecule has 1 heterocycles. The van der Waals surface area contributed by atoms with Gasteiger partial charge in [0, 0.05) is 31.9 Å². The number of ether oxygens (including phenoxy) is 1. The molecule has 6 nitrogen and oxygen atoms in total. The average Bonchev–Trinajstić information content (AvgIpc) is 2.58. The fourth-order valence-electron chi connectivity index (χ4n) is 2.76. The van der Waals surface area contributed by atoms with Crippen LogP contribution in [-0.4, -0.2) is 66.6 Å². The molecule has 0 atom stereocenters. The lowest BCUT2D eigenvalue weighted by Gasteiger charge is -2.38. The van der Waals surface area contributed by atoms with Gasteiger partial charge in [0.1, 0.15) is 5.60 Å². The minimum Gasteiger partial charge on any atom is -0.444 e. The van der Waals surface area contributed by atoms with Gasteiger partial charge in [0.25, 0.3) is 0 Å². The lowest BCUT2D eigenvalue weighted by Crippen LogP contribution is -2.50. The van der Waals surface area contributed by atoms with Crippen molar-refractivity contribution in [3.63, 3.8) is 0 Å². The van der Waals surface area contributed by atoms with E-state index >= 15 is 0 Å². The van der Waals surface area contributed by atoms with Crippen LogP contribution >= 0.6 is 0 Å². The third-order valence-corrected chi connectivity index (χ3v) is 5.28. The highest BCUT2D eigenvalue weighted by Crippen LogP contribution is 2.24. The topological polar surface area (TPSA) is 62.2 Å². The number of carbonyl (C=O) groups excluding carboxylic acids is 1. The largest absolute Gasteiger partial charge is 0.444 e. The Morgan fingerprint density at radius 1 is 1.04 bits per heavy atom. The summed E-state index contributed by atoms with van der Waals surface area (Å²) < 4.78 is 11.4. The van der Waals surface area contributed by atoms with Crippen molar-refractivity contribution in [2.75, 3.05) is 31.1 Å². The Kier molecular flexibility index (Phi) is 6.72. The van der Waals surface area contributed by atoms with Gasteiger partial charge >= 0.3 is 13.6 Å². The van der Waals surface area contributed by atoms with Crippen LogP contribution in [0.4, 0.5) is 10.5 Å². The zero-order chi connectivity index (χ0) is 21.2. The first kappa shape index (κ1) is 22.6. The van der Waals surface area contributed by atoms with Crippen molar-refractivity contribution in [3.8, 4) is 0 Å². The van der Waals surface area contributed by atoms with Crippen LogP contribution in [0.3, 0.4) is 0 Å². The third-order valence-electron chi connectivity index (χ3n) is 5.28. The number of hydrogen-bond donors (Lipinski definition) is 1. The number of benzene rings is 1. The molecular weight excluding hydrogens is 355 g/mol. The van der Waals surface area contributed by atoms with Gasteiger partial charge in [-0.2, -0.15) is 0 Å². The molecule has 2 rings (SSSR count). The maximum atomic E-state index is 12.2. The Morgan fingerprint density at radius 3 is 2.18 bits per heavy atom. The molecule has 0 radical (unpaired) electrons. The Morgan fingerprint density at radius 2 is 1.64 bits per heavy atom. The van der Waals surface area contributed by atoms with Crippen LogP contribution in [0.25, 0.3) is 0 Å². The van der Waals surface area contributed by atoms with E-state index in [0.29, 0.717) is 20.6 Å². The highest BCUT2D eigenvalue weighted by Gasteiger charge is 2.35. The number of hydrogen-bond acceptors (Lipinski definition) is 5. The second-order valence-corrected chi connectivity index (χ2v) is 9.48. The van der Waals surface area contributed by atoms with Crippen LogP contribution in [-0.2, 0) is 9.39 Å². The van der Waals surface area contributed by atoms with Gasteiger partial charge < -0.3 is 24.3 Å². The standard InChI is InChI=1S/C21H35BN2O4/c1-19(2,3)27-18(25)24-13-11-23(12-14-24)17-10-8-9-16(15-17)22-28-21(6,7)20(4,5)26/h8-10,15,22,26H,11-14H2,1-7H3. The minimum absolute atomic E-state index is 0.247. The lowest BCUT2D eigenvalue weighted by molar-refractivity contribution is -0.0893. The number of amides is 1. The molecule has 1 aliphatic rings. The molecule has 1 fully saturated rings. The fraction of sp³-hybridized carbons (Fsp3) is 0.667. The SMILES string of the molecule is CC(C)(C)OC(=O)N1CCN(c2cccc(BOC(C)(C)C(C)(C)O)c2)CC1. The van der Waals surface area contributed by atoms with Crippen molar-refractivity contribution < 1.29 is 19.3 Å². The van der Waals surface area contributed by atoms with Crippen LogP contribution in [0, 0.1) is 0 Å². The number of nitrogens with zero attached hydrogens (tertiary/aromatic N) is 2. The Labute approximate surface area is 170 Å². The van der Waals surface area contributed by atoms with Gasteiger partial charge in [0.2, 0.25) is 0 Å². The number of aliphatic hydroxyl groups is 1. The summed E-state index contributed by atoms with van der Waals surface area (Å²) in [5, 5.41) is 10.2. The van der Waals surface area contributed by atoms with Crippen molar-refractivity contribution in [1.29, 1.82) is 0 Å². The maximum Gasteiger partial charge on any atom is 0.410 e. The number of carbonyl (C=O) groups is 1. The molecule has 0 saturated carbocycles. The molecule has 0 spiro atoms. The summed E-state index contributed by atoms with van der Waals surface area (Å²) in [6.07, 6.45) is -0.247. The van der Waals surface area contributed by atoms with Crippen LogP contribution in [0.15, 0.2) is 24.3 Å². The highest BCUT2D eigenvalue weighted by atomic mass is 16.6. The normalized spacial score (nSPS) is 16.1. The van der Waals surface area contributed by atoms with E-state index < -0.39 is 16.8 Å². The molecule has 1 aromatic rings. The van der Waals surface area contributed by atoms with Gasteiger partial charge in [-0.15, -0.1) is 0 Å². The molecule has 0 bridgehead atoms. The van der Waals surface area contributed by atoms with E-state index in [9.17, 15) is 9.90 Å². The van der Waals surface area contributed by atoms with E-state index in [1.54, 1.807) is 18.7 Å².